The van der Waals surface area contributed by atoms with Gasteiger partial charge in [-0.3, -0.25) is 0 Å². The smallest absolute Gasteiger partial charge is 0.243 e. The van der Waals surface area contributed by atoms with E-state index in [-0.39, 0.29) is 0 Å². The van der Waals surface area contributed by atoms with E-state index < -0.39 is 0 Å². The number of fused-ring (bicyclic) bond motifs is 2. The summed E-state index contributed by atoms with van der Waals surface area (Å²) in [6.07, 6.45) is 11.6. The van der Waals surface area contributed by atoms with E-state index in [1.54, 1.807) is 6.08 Å². The van der Waals surface area contributed by atoms with Gasteiger partial charge in [0.25, 0.3) is 0 Å². The zero-order valence-electron chi connectivity index (χ0n) is 15.8. The average molecular weight is 366 g/mol. The Morgan fingerprint density at radius 1 is 1.33 bits per heavy atom. The van der Waals surface area contributed by atoms with E-state index in [0.717, 1.165) is 41.7 Å². The Hall–Kier alpha value is -2.36. The molecule has 0 aliphatic carbocycles. The van der Waals surface area contributed by atoms with Crippen LogP contribution in [-0.4, -0.2) is 36.7 Å². The number of isocyanates is 1. The maximum Gasteiger partial charge on any atom is 0.243 e. The number of carbonyl (C=O) groups excluding carboxylic acids is 1. The Morgan fingerprint density at radius 3 is 3.11 bits per heavy atom. The summed E-state index contributed by atoms with van der Waals surface area (Å²) in [6.45, 7) is 4.83. The van der Waals surface area contributed by atoms with Crippen LogP contribution in [0.15, 0.2) is 39.8 Å². The standard InChI is InChI=1S/C22H26N2O3/c1-2-3-12-26-18-7-8-20-19(14-18)21(22(27-20)23-15-25)16-9-11-24-10-5-4-6-17(24)13-16/h2-3,7-8,14,16-17H,4-6,9-13H2,1H3. The lowest BCUT2D eigenvalue weighted by Gasteiger charge is -2.42. The first-order chi connectivity index (χ1) is 13.3. The van der Waals surface area contributed by atoms with Crippen LogP contribution in [0.5, 0.6) is 5.75 Å². The van der Waals surface area contributed by atoms with Gasteiger partial charge in [-0.05, 0) is 69.8 Å². The summed E-state index contributed by atoms with van der Waals surface area (Å²) in [6, 6.07) is 6.46. The first-order valence-corrected chi connectivity index (χ1v) is 9.92. The predicted molar refractivity (Wildman–Crippen MR) is 105 cm³/mol. The van der Waals surface area contributed by atoms with Gasteiger partial charge in [0.05, 0.1) is 0 Å². The molecule has 2 aromatic rings. The molecule has 5 heteroatoms. The molecule has 2 saturated heterocycles. The molecular weight excluding hydrogens is 340 g/mol. The summed E-state index contributed by atoms with van der Waals surface area (Å²) in [5, 5.41) is 1.01. The highest BCUT2D eigenvalue weighted by Gasteiger charge is 2.34. The molecule has 0 amide bonds. The normalized spacial score (nSPS) is 23.3. The van der Waals surface area contributed by atoms with Crippen LogP contribution in [0.4, 0.5) is 5.88 Å². The molecule has 2 aliphatic heterocycles. The zero-order chi connectivity index (χ0) is 18.6. The SMILES string of the molecule is CC=CCOc1ccc2oc(N=C=O)c(C3CCN4CCCCC4C3)c2c1. The van der Waals surface area contributed by atoms with E-state index in [4.69, 9.17) is 9.15 Å². The zero-order valence-corrected chi connectivity index (χ0v) is 15.8. The first-order valence-electron chi connectivity index (χ1n) is 9.92. The van der Waals surface area contributed by atoms with Crippen LogP contribution in [-0.2, 0) is 4.79 Å². The van der Waals surface area contributed by atoms with E-state index in [1.165, 1.54) is 25.8 Å². The third kappa shape index (κ3) is 3.71. The van der Waals surface area contributed by atoms with E-state index >= 15 is 0 Å². The van der Waals surface area contributed by atoms with Gasteiger partial charge in [-0.15, -0.1) is 4.99 Å². The summed E-state index contributed by atoms with van der Waals surface area (Å²) < 4.78 is 11.7. The highest BCUT2D eigenvalue weighted by Crippen LogP contribution is 2.45. The molecule has 2 unspecified atom stereocenters. The topological polar surface area (TPSA) is 55.0 Å². The molecule has 0 bridgehead atoms. The first kappa shape index (κ1) is 18.0. The fraction of sp³-hybridized carbons (Fsp3) is 0.500. The van der Waals surface area contributed by atoms with Gasteiger partial charge in [-0.1, -0.05) is 18.6 Å². The molecule has 2 fully saturated rings. The van der Waals surface area contributed by atoms with Crippen molar-refractivity contribution in [1.82, 2.24) is 4.90 Å². The van der Waals surface area contributed by atoms with Crippen LogP contribution in [0.1, 0.15) is 50.5 Å². The van der Waals surface area contributed by atoms with Gasteiger partial charge in [0, 0.05) is 17.0 Å². The predicted octanol–water partition coefficient (Wildman–Crippen LogP) is 5.09. The molecule has 1 aromatic carbocycles. The Bertz CT molecular complexity index is 879. The molecule has 1 aromatic heterocycles. The van der Waals surface area contributed by atoms with Crippen LogP contribution >= 0.6 is 0 Å². The second kappa shape index (κ2) is 8.12. The van der Waals surface area contributed by atoms with Crippen molar-refractivity contribution in [3.8, 4) is 5.75 Å². The van der Waals surface area contributed by atoms with Crippen LogP contribution < -0.4 is 4.74 Å². The van der Waals surface area contributed by atoms with Gasteiger partial charge < -0.3 is 14.1 Å². The third-order valence-electron chi connectivity index (χ3n) is 5.89. The molecule has 0 saturated carbocycles. The Kier molecular flexibility index (Phi) is 5.42. The molecule has 2 atom stereocenters. The number of hydrogen-bond acceptors (Lipinski definition) is 5. The van der Waals surface area contributed by atoms with E-state index in [2.05, 4.69) is 9.89 Å². The fourth-order valence-electron chi connectivity index (χ4n) is 4.58. The minimum absolute atomic E-state index is 0.350. The summed E-state index contributed by atoms with van der Waals surface area (Å²) in [4.78, 5) is 17.5. The quantitative estimate of drug-likeness (QED) is 0.420. The molecule has 4 rings (SSSR count). The molecule has 5 nitrogen and oxygen atoms in total. The maximum absolute atomic E-state index is 11.0. The molecular formula is C22H26N2O3. The number of nitrogens with zero attached hydrogens (tertiary/aromatic N) is 2. The van der Waals surface area contributed by atoms with Gasteiger partial charge in [0.2, 0.25) is 12.0 Å². The van der Waals surface area contributed by atoms with Crippen molar-refractivity contribution in [3.63, 3.8) is 0 Å². The summed E-state index contributed by atoms with van der Waals surface area (Å²) >= 11 is 0. The number of aliphatic imine (C=N–C) groups is 1. The number of benzene rings is 1. The van der Waals surface area contributed by atoms with Crippen LogP contribution in [0, 0.1) is 0 Å². The van der Waals surface area contributed by atoms with Gasteiger partial charge in [-0.25, -0.2) is 4.79 Å². The number of furan rings is 1. The van der Waals surface area contributed by atoms with Crippen molar-refractivity contribution in [2.24, 2.45) is 4.99 Å². The molecule has 3 heterocycles. The van der Waals surface area contributed by atoms with Crippen molar-refractivity contribution >= 4 is 22.9 Å². The van der Waals surface area contributed by atoms with Crippen molar-refractivity contribution in [2.45, 2.75) is 51.0 Å². The summed E-state index contributed by atoms with van der Waals surface area (Å²) in [5.74, 6) is 1.57. The molecule has 0 spiro atoms. The van der Waals surface area contributed by atoms with Crippen molar-refractivity contribution < 1.29 is 13.9 Å². The molecule has 0 radical (unpaired) electrons. The van der Waals surface area contributed by atoms with Gasteiger partial charge in [0.1, 0.15) is 17.9 Å². The van der Waals surface area contributed by atoms with Crippen molar-refractivity contribution in [1.29, 1.82) is 0 Å². The third-order valence-corrected chi connectivity index (χ3v) is 5.89. The van der Waals surface area contributed by atoms with Crippen LogP contribution in [0.2, 0.25) is 0 Å². The average Bonchev–Trinajstić information content (AvgIpc) is 3.05. The largest absolute Gasteiger partial charge is 0.490 e. The number of piperidine rings is 2. The Labute approximate surface area is 159 Å². The second-order valence-corrected chi connectivity index (χ2v) is 7.47. The minimum Gasteiger partial charge on any atom is -0.490 e. The molecule has 142 valence electrons. The van der Waals surface area contributed by atoms with Gasteiger partial charge in [0.15, 0.2) is 0 Å². The van der Waals surface area contributed by atoms with Crippen LogP contribution in [0.3, 0.4) is 0 Å². The van der Waals surface area contributed by atoms with E-state index in [9.17, 15) is 4.79 Å². The highest BCUT2D eigenvalue weighted by atomic mass is 16.5. The summed E-state index contributed by atoms with van der Waals surface area (Å²) in [5.41, 5.74) is 1.80. The lowest BCUT2D eigenvalue weighted by Crippen LogP contribution is -2.44. The van der Waals surface area contributed by atoms with Crippen molar-refractivity contribution in [3.05, 3.63) is 35.9 Å². The number of allylic oxidation sites excluding steroid dienone is 1. The Balaban J connectivity index is 1.69. The fourth-order valence-corrected chi connectivity index (χ4v) is 4.58. The molecule has 0 N–H and O–H groups in total. The number of hydrogen-bond donors (Lipinski definition) is 0. The monoisotopic (exact) mass is 366 g/mol. The minimum atomic E-state index is 0.350. The van der Waals surface area contributed by atoms with Gasteiger partial charge >= 0.3 is 0 Å². The Morgan fingerprint density at radius 2 is 2.26 bits per heavy atom. The molecule has 27 heavy (non-hydrogen) atoms. The van der Waals surface area contributed by atoms with Crippen LogP contribution in [0.25, 0.3) is 11.0 Å². The molecule has 2 aliphatic rings. The number of rotatable bonds is 5. The van der Waals surface area contributed by atoms with E-state index in [1.807, 2.05) is 37.3 Å². The van der Waals surface area contributed by atoms with E-state index in [0.29, 0.717) is 24.5 Å². The summed E-state index contributed by atoms with van der Waals surface area (Å²) in [7, 11) is 0. The lowest BCUT2D eigenvalue weighted by atomic mass is 9.81. The maximum atomic E-state index is 11.0. The van der Waals surface area contributed by atoms with Crippen molar-refractivity contribution in [2.75, 3.05) is 19.7 Å². The number of ether oxygens (including phenoxy) is 1. The van der Waals surface area contributed by atoms with Gasteiger partial charge in [-0.2, -0.15) is 0 Å². The second-order valence-electron chi connectivity index (χ2n) is 7.47. The highest BCUT2D eigenvalue weighted by molar-refractivity contribution is 5.87. The lowest BCUT2D eigenvalue weighted by molar-refractivity contribution is 0.0977.